The number of phenols is 2. The molecule has 0 saturated heterocycles. The number of aliphatic imine (C=N–C) groups is 2. The molecule has 4 rings (SSSR count). The molecule has 1 radical (unpaired) electrons. The number of phenolic OH excluding ortho intramolecular Hbond substituents is 2. The molecule has 2 bridgehead atoms. The largest absolute Gasteiger partial charge is 2.00 e. The van der Waals surface area contributed by atoms with E-state index in [4.69, 9.17) is 29.8 Å². The molecule has 255 valence electrons. The monoisotopic (exact) mass is 679 g/mol. The Morgan fingerprint density at radius 3 is 1.72 bits per heavy atom. The average molecular weight is 680 g/mol. The summed E-state index contributed by atoms with van der Waals surface area (Å²) in [4.78, 5) is 28.0. The van der Waals surface area contributed by atoms with Crippen LogP contribution in [0.15, 0.2) is 34.3 Å². The van der Waals surface area contributed by atoms with Gasteiger partial charge in [-0.05, 0) is 131 Å². The maximum absolute atomic E-state index is 10.8. The van der Waals surface area contributed by atoms with E-state index in [1.807, 2.05) is 26.3 Å². The zero-order valence-corrected chi connectivity index (χ0v) is 29.7. The fourth-order valence-corrected chi connectivity index (χ4v) is 6.13. The molecule has 2 aromatic rings. The van der Waals surface area contributed by atoms with Gasteiger partial charge in [0.1, 0.15) is 11.5 Å². The van der Waals surface area contributed by atoms with E-state index in [1.54, 1.807) is 0 Å². The molecule has 0 amide bonds. The minimum atomic E-state index is -1.08. The Bertz CT molecular complexity index is 1350. The number of rotatable bonds is 10. The van der Waals surface area contributed by atoms with Gasteiger partial charge in [0.15, 0.2) is 0 Å². The maximum Gasteiger partial charge on any atom is 2.00 e. The van der Waals surface area contributed by atoms with Crippen LogP contribution in [0.25, 0.3) is 0 Å². The first kappa shape index (κ1) is 40.8. The van der Waals surface area contributed by atoms with Crippen LogP contribution < -0.4 is 10.2 Å². The van der Waals surface area contributed by atoms with Gasteiger partial charge in [-0.3, -0.25) is 9.98 Å². The Morgan fingerprint density at radius 2 is 1.30 bits per heavy atom. The number of carboxylic acids is 2. The number of aromatic hydroxyl groups is 2. The molecule has 46 heavy (non-hydrogen) atoms. The molecule has 3 atom stereocenters. The number of nitrogens with zero attached hydrogens (tertiary/aromatic N) is 2. The van der Waals surface area contributed by atoms with E-state index in [2.05, 4.69) is 52.0 Å². The molecular weight excluding hydrogens is 627 g/mol. The number of hydrogen-bond donors (Lipinski definition) is 2. The fraction of sp³-hybridized carbons (Fsp3) is 0.568. The smallest absolute Gasteiger partial charge is 0.550 e. The van der Waals surface area contributed by atoms with Gasteiger partial charge in [-0.1, -0.05) is 39.8 Å². The van der Waals surface area contributed by atoms with Crippen molar-refractivity contribution in [3.63, 3.8) is 0 Å². The van der Waals surface area contributed by atoms with Crippen LogP contribution in [-0.4, -0.2) is 46.2 Å². The Morgan fingerprint density at radius 1 is 0.870 bits per heavy atom. The van der Waals surface area contributed by atoms with E-state index >= 15 is 0 Å². The first-order valence-electron chi connectivity index (χ1n) is 16.1. The molecule has 0 heterocycles. The van der Waals surface area contributed by atoms with Crippen molar-refractivity contribution in [2.24, 2.45) is 27.7 Å². The van der Waals surface area contributed by atoms with Crippen molar-refractivity contribution in [1.29, 1.82) is 0 Å². The number of hydrogen-bond acceptors (Lipinski definition) is 8. The van der Waals surface area contributed by atoms with Gasteiger partial charge in [0.2, 0.25) is 0 Å². The molecule has 8 nitrogen and oxygen atoms in total. The second-order valence-electron chi connectivity index (χ2n) is 13.5. The molecule has 9 heteroatoms. The van der Waals surface area contributed by atoms with Gasteiger partial charge in [0.25, 0.3) is 0 Å². The summed E-state index contributed by atoms with van der Waals surface area (Å²) in [7, 11) is 0. The molecule has 0 spiro atoms. The number of fused-ring (bicyclic) bond motifs is 2. The summed E-state index contributed by atoms with van der Waals surface area (Å²) in [5, 5.41) is 39.3. The minimum absolute atomic E-state index is 0. The first-order chi connectivity index (χ1) is 21.0. The normalized spacial score (nSPS) is 20.0. The molecule has 2 aliphatic carbocycles. The summed E-state index contributed by atoms with van der Waals surface area (Å²) < 4.78 is 0. The van der Waals surface area contributed by atoms with Crippen molar-refractivity contribution in [2.45, 2.75) is 118 Å². The number of benzene rings is 2. The van der Waals surface area contributed by atoms with Crippen LogP contribution in [-0.2, 0) is 39.2 Å². The molecule has 2 aromatic carbocycles. The van der Waals surface area contributed by atoms with Gasteiger partial charge < -0.3 is 30.0 Å². The van der Waals surface area contributed by atoms with Gasteiger partial charge in [0.05, 0.1) is 11.6 Å². The molecule has 0 aromatic heterocycles. The van der Waals surface area contributed by atoms with Crippen molar-refractivity contribution >= 4 is 24.4 Å². The SMILES string of the molecule is CC(=O)[O-].CC(=O)[O-].Cc1cc(CCC(C)C)cc(C=NC2CC3CCC2(N=Cc2cc(CCC(C)C)cc(C)c2O)C3)c1O.[Co+2]. The number of carboxylic acid groups (broad SMARTS) is 2. The van der Waals surface area contributed by atoms with Gasteiger partial charge in [-0.2, -0.15) is 0 Å². The van der Waals surface area contributed by atoms with Crippen LogP contribution in [0.4, 0.5) is 0 Å². The summed E-state index contributed by atoms with van der Waals surface area (Å²) in [5.41, 5.74) is 5.75. The summed E-state index contributed by atoms with van der Waals surface area (Å²) in [6.45, 7) is 14.9. The Hall–Kier alpha value is -3.17. The molecule has 3 unspecified atom stereocenters. The number of aliphatic carboxylic acids is 2. The summed E-state index contributed by atoms with van der Waals surface area (Å²) in [6.07, 6.45) is 12.4. The summed E-state index contributed by atoms with van der Waals surface area (Å²) in [5.74, 6) is 0.449. The van der Waals surface area contributed by atoms with Gasteiger partial charge in [-0.25, -0.2) is 0 Å². The van der Waals surface area contributed by atoms with E-state index < -0.39 is 11.9 Å². The molecule has 2 saturated carbocycles. The third-order valence-corrected chi connectivity index (χ3v) is 8.46. The number of aryl methyl sites for hydroxylation is 4. The van der Waals surface area contributed by atoms with E-state index in [9.17, 15) is 10.2 Å². The predicted octanol–water partition coefficient (Wildman–Crippen LogP) is 5.25. The van der Waals surface area contributed by atoms with E-state index in [0.29, 0.717) is 29.3 Å². The fourth-order valence-electron chi connectivity index (χ4n) is 6.13. The standard InChI is InChI=1S/C33H46N2O2.2C2H4O2.Co/c1-21(2)7-9-25-13-23(5)31(36)28(15-25)19-34-30-17-27-11-12-33(30,18-27)35-20-29-16-26(10-8-22(3)4)14-24(6)32(29)37;2*1-2(3)4;/h13-16,19-22,27,30,36-37H,7-12,17-18H2,1-6H3;2*1H3,(H,3,4);/q;;;+2/p-2. The van der Waals surface area contributed by atoms with Gasteiger partial charge >= 0.3 is 16.8 Å². The van der Waals surface area contributed by atoms with Crippen LogP contribution in [0.5, 0.6) is 11.5 Å². The summed E-state index contributed by atoms with van der Waals surface area (Å²) in [6, 6.07) is 8.51. The zero-order valence-electron chi connectivity index (χ0n) is 28.7. The van der Waals surface area contributed by atoms with E-state index in [-0.39, 0.29) is 28.4 Å². The number of carbonyl (C=O) groups is 2. The van der Waals surface area contributed by atoms with Crippen molar-refractivity contribution in [2.75, 3.05) is 0 Å². The number of carbonyl (C=O) groups excluding carboxylic acids is 2. The Labute approximate surface area is 285 Å². The summed E-state index contributed by atoms with van der Waals surface area (Å²) >= 11 is 0. The molecular formula is C37H52CoN2O6. The van der Waals surface area contributed by atoms with Crippen LogP contribution in [0.2, 0.25) is 0 Å². The molecule has 2 fully saturated rings. The first-order valence-corrected chi connectivity index (χ1v) is 16.1. The second kappa shape index (κ2) is 18.8. The van der Waals surface area contributed by atoms with E-state index in [1.165, 1.54) is 17.5 Å². The van der Waals surface area contributed by atoms with Crippen molar-refractivity contribution in [3.05, 3.63) is 57.6 Å². The second-order valence-corrected chi connectivity index (χ2v) is 13.5. The predicted molar refractivity (Wildman–Crippen MR) is 177 cm³/mol. The molecule has 0 aliphatic heterocycles. The van der Waals surface area contributed by atoms with Crippen molar-refractivity contribution < 1.29 is 46.8 Å². The third kappa shape index (κ3) is 12.9. The maximum atomic E-state index is 10.8. The topological polar surface area (TPSA) is 145 Å². The average Bonchev–Trinajstić information content (AvgIpc) is 3.50. The molecule has 2 N–H and O–H groups in total. The molecule has 2 aliphatic rings. The van der Waals surface area contributed by atoms with Crippen LogP contribution in [0.1, 0.15) is 113 Å². The zero-order chi connectivity index (χ0) is 33.9. The Kier molecular flexibility index (Phi) is 16.7. The van der Waals surface area contributed by atoms with Gasteiger partial charge in [-0.15, -0.1) is 0 Å². The van der Waals surface area contributed by atoms with Crippen LogP contribution >= 0.6 is 0 Å². The Balaban J connectivity index is 0.00000106. The van der Waals surface area contributed by atoms with Crippen molar-refractivity contribution in [1.82, 2.24) is 0 Å². The minimum Gasteiger partial charge on any atom is -0.550 e. The third-order valence-electron chi connectivity index (χ3n) is 8.46. The van der Waals surface area contributed by atoms with E-state index in [0.717, 1.165) is 81.0 Å². The van der Waals surface area contributed by atoms with Crippen molar-refractivity contribution in [3.8, 4) is 11.5 Å². The quantitative estimate of drug-likeness (QED) is 0.328. The van der Waals surface area contributed by atoms with Crippen LogP contribution in [0, 0.1) is 31.6 Å². The van der Waals surface area contributed by atoms with Gasteiger partial charge in [0, 0.05) is 35.5 Å². The van der Waals surface area contributed by atoms with Crippen LogP contribution in [0.3, 0.4) is 0 Å².